The Hall–Kier alpha value is -1.08. The number of aliphatic hydroxyl groups excluding tert-OH is 1. The van der Waals surface area contributed by atoms with Crippen LogP contribution in [0.3, 0.4) is 0 Å². The molecule has 0 heterocycles. The summed E-state index contributed by atoms with van der Waals surface area (Å²) in [5.41, 5.74) is 5.02. The van der Waals surface area contributed by atoms with Crippen molar-refractivity contribution in [2.24, 2.45) is 5.73 Å². The van der Waals surface area contributed by atoms with Crippen molar-refractivity contribution in [2.45, 2.75) is 6.92 Å². The smallest absolute Gasteiger partial charge is 0.123 e. The molecule has 9 heavy (non-hydrogen) atoms. The third-order valence-corrected chi connectivity index (χ3v) is 0.924. The summed E-state index contributed by atoms with van der Waals surface area (Å²) >= 11 is 4.43. The second-order valence-corrected chi connectivity index (χ2v) is 1.88. The minimum atomic E-state index is -0.134. The molecule has 0 saturated carbocycles. The van der Waals surface area contributed by atoms with Gasteiger partial charge in [-0.25, -0.2) is 0 Å². The number of nitrogens with zero attached hydrogens (tertiary/aromatic N) is 1. The number of nitrogens with two attached hydrogens (primary N) is 1. The Balaban J connectivity index is 4.62. The van der Waals surface area contributed by atoms with Gasteiger partial charge in [0.15, 0.2) is 0 Å². The zero-order valence-electron chi connectivity index (χ0n) is 4.88. The van der Waals surface area contributed by atoms with Gasteiger partial charge < -0.3 is 10.8 Å². The predicted octanol–water partition coefficient (Wildman–Crippen LogP) is 0.628. The minimum absolute atomic E-state index is 0.0231. The molecule has 0 saturated heterocycles. The first kappa shape index (κ1) is 7.92. The molecule has 0 aromatic carbocycles. The molecular formula is C5H6N2OS. The van der Waals surface area contributed by atoms with Crippen LogP contribution in [0.4, 0.5) is 0 Å². The molecule has 0 aromatic rings. The van der Waals surface area contributed by atoms with Crippen LogP contribution < -0.4 is 5.73 Å². The average molecular weight is 142 g/mol. The second-order valence-electron chi connectivity index (χ2n) is 1.44. The number of thiocarbonyl (C=S) groups is 1. The monoisotopic (exact) mass is 142 g/mol. The maximum atomic E-state index is 8.67. The van der Waals surface area contributed by atoms with E-state index in [1.807, 2.05) is 0 Å². The van der Waals surface area contributed by atoms with Gasteiger partial charge in [-0.3, -0.25) is 0 Å². The van der Waals surface area contributed by atoms with Gasteiger partial charge in [-0.15, -0.1) is 0 Å². The van der Waals surface area contributed by atoms with Crippen LogP contribution in [0.25, 0.3) is 0 Å². The molecule has 0 aliphatic rings. The molecule has 0 aromatic heterocycles. The van der Waals surface area contributed by atoms with Crippen molar-refractivity contribution in [3.05, 3.63) is 11.3 Å². The highest BCUT2D eigenvalue weighted by Crippen LogP contribution is 1.97. The van der Waals surface area contributed by atoms with Gasteiger partial charge in [0.1, 0.15) is 22.4 Å². The molecule has 48 valence electrons. The van der Waals surface area contributed by atoms with Gasteiger partial charge in [0.25, 0.3) is 0 Å². The van der Waals surface area contributed by atoms with Crippen LogP contribution in [-0.2, 0) is 0 Å². The molecule has 0 radical (unpaired) electrons. The molecule has 3 N–H and O–H groups in total. The number of nitriles is 1. The first-order valence-electron chi connectivity index (χ1n) is 2.19. The number of hydrogen-bond donors (Lipinski definition) is 2. The lowest BCUT2D eigenvalue weighted by atomic mass is 10.2. The van der Waals surface area contributed by atoms with Crippen LogP contribution in [0.15, 0.2) is 11.3 Å². The van der Waals surface area contributed by atoms with E-state index in [9.17, 15) is 0 Å². The largest absolute Gasteiger partial charge is 0.511 e. The fourth-order valence-electron chi connectivity index (χ4n) is 0.314. The lowest BCUT2D eigenvalue weighted by Crippen LogP contribution is -2.11. The van der Waals surface area contributed by atoms with Crippen molar-refractivity contribution in [1.29, 1.82) is 5.26 Å². The number of allylic oxidation sites excluding steroid dienone is 1. The van der Waals surface area contributed by atoms with E-state index in [2.05, 4.69) is 12.2 Å². The number of aliphatic hydroxyl groups is 1. The van der Waals surface area contributed by atoms with E-state index in [0.717, 1.165) is 0 Å². The van der Waals surface area contributed by atoms with Crippen LogP contribution in [0, 0.1) is 11.3 Å². The molecule has 4 heteroatoms. The lowest BCUT2D eigenvalue weighted by molar-refractivity contribution is 0.412. The molecule has 0 amide bonds. The predicted molar refractivity (Wildman–Crippen MR) is 37.7 cm³/mol. The summed E-state index contributed by atoms with van der Waals surface area (Å²) in [4.78, 5) is -0.0718. The van der Waals surface area contributed by atoms with Crippen LogP contribution in [-0.4, -0.2) is 10.1 Å². The van der Waals surface area contributed by atoms with Crippen LogP contribution in [0.2, 0.25) is 0 Å². The molecule has 0 aliphatic carbocycles. The Bertz CT molecular complexity index is 197. The highest BCUT2D eigenvalue weighted by molar-refractivity contribution is 7.80. The van der Waals surface area contributed by atoms with Crippen molar-refractivity contribution in [3.8, 4) is 6.07 Å². The molecule has 0 aliphatic heterocycles. The Kier molecular flexibility index (Phi) is 2.68. The summed E-state index contributed by atoms with van der Waals surface area (Å²) < 4.78 is 0. The lowest BCUT2D eigenvalue weighted by Gasteiger charge is -1.93. The zero-order valence-corrected chi connectivity index (χ0v) is 5.70. The Morgan fingerprint density at radius 3 is 2.22 bits per heavy atom. The molecule has 0 bridgehead atoms. The van der Waals surface area contributed by atoms with E-state index in [4.69, 9.17) is 16.1 Å². The van der Waals surface area contributed by atoms with E-state index in [-0.39, 0.29) is 16.3 Å². The second kappa shape index (κ2) is 3.05. The fraction of sp³-hybridized carbons (Fsp3) is 0.200. The summed E-state index contributed by atoms with van der Waals surface area (Å²) in [6.07, 6.45) is 0. The van der Waals surface area contributed by atoms with Gasteiger partial charge >= 0.3 is 0 Å². The summed E-state index contributed by atoms with van der Waals surface area (Å²) in [6.45, 7) is 1.36. The van der Waals surface area contributed by atoms with Crippen molar-refractivity contribution in [1.82, 2.24) is 0 Å². The Morgan fingerprint density at radius 1 is 1.78 bits per heavy atom. The topological polar surface area (TPSA) is 70.0 Å². The summed E-state index contributed by atoms with van der Waals surface area (Å²) in [5, 5.41) is 16.9. The van der Waals surface area contributed by atoms with E-state index in [1.165, 1.54) is 6.92 Å². The third kappa shape index (κ3) is 2.11. The van der Waals surface area contributed by atoms with Gasteiger partial charge in [-0.1, -0.05) is 12.2 Å². The van der Waals surface area contributed by atoms with E-state index >= 15 is 0 Å². The maximum absolute atomic E-state index is 8.67. The highest BCUT2D eigenvalue weighted by atomic mass is 32.1. The standard InChI is InChI=1S/C5H6N2OS/c1-3(8)4(2-6)5(7)9/h8H,1H3,(H2,7,9). The summed E-state index contributed by atoms with van der Waals surface area (Å²) in [7, 11) is 0. The van der Waals surface area contributed by atoms with Crippen LogP contribution >= 0.6 is 12.2 Å². The first-order valence-corrected chi connectivity index (χ1v) is 2.60. The normalized spacial score (nSPS) is 11.6. The van der Waals surface area contributed by atoms with Crippen molar-refractivity contribution >= 4 is 17.2 Å². The molecule has 0 spiro atoms. The van der Waals surface area contributed by atoms with Crippen LogP contribution in [0.5, 0.6) is 0 Å². The molecule has 0 atom stereocenters. The quantitative estimate of drug-likeness (QED) is 0.244. The van der Waals surface area contributed by atoms with Gasteiger partial charge in [-0.05, 0) is 6.92 Å². The number of rotatable bonds is 1. The third-order valence-electron chi connectivity index (χ3n) is 0.720. The van der Waals surface area contributed by atoms with Gasteiger partial charge in [0.05, 0.1) is 0 Å². The number of hydrogen-bond acceptors (Lipinski definition) is 3. The van der Waals surface area contributed by atoms with Gasteiger partial charge in [0, 0.05) is 0 Å². The van der Waals surface area contributed by atoms with Crippen molar-refractivity contribution in [3.63, 3.8) is 0 Å². The molecule has 0 unspecified atom stereocenters. The van der Waals surface area contributed by atoms with Gasteiger partial charge in [0.2, 0.25) is 0 Å². The summed E-state index contributed by atoms with van der Waals surface area (Å²) in [5.74, 6) is -0.134. The Labute approximate surface area is 58.4 Å². The van der Waals surface area contributed by atoms with E-state index in [0.29, 0.717) is 0 Å². The zero-order chi connectivity index (χ0) is 7.44. The maximum Gasteiger partial charge on any atom is 0.123 e. The molecular weight excluding hydrogens is 136 g/mol. The Morgan fingerprint density at radius 2 is 2.22 bits per heavy atom. The highest BCUT2D eigenvalue weighted by Gasteiger charge is 2.01. The van der Waals surface area contributed by atoms with Crippen molar-refractivity contribution < 1.29 is 5.11 Å². The van der Waals surface area contributed by atoms with E-state index in [1.54, 1.807) is 6.07 Å². The molecule has 3 nitrogen and oxygen atoms in total. The SMILES string of the molecule is CC(O)=C(C#N)C(N)=S. The minimum Gasteiger partial charge on any atom is -0.511 e. The van der Waals surface area contributed by atoms with Gasteiger partial charge in [-0.2, -0.15) is 5.26 Å². The average Bonchev–Trinajstić information content (AvgIpc) is 1.64. The molecule has 0 rings (SSSR count). The molecule has 0 fully saturated rings. The summed E-state index contributed by atoms with van der Waals surface area (Å²) in [6, 6.07) is 1.66. The van der Waals surface area contributed by atoms with Crippen molar-refractivity contribution in [2.75, 3.05) is 0 Å². The first-order chi connectivity index (χ1) is 4.09. The van der Waals surface area contributed by atoms with Crippen LogP contribution in [0.1, 0.15) is 6.92 Å². The fourth-order valence-corrected chi connectivity index (χ4v) is 0.508. The van der Waals surface area contributed by atoms with E-state index < -0.39 is 0 Å².